The van der Waals surface area contributed by atoms with Crippen molar-refractivity contribution in [1.29, 1.82) is 0 Å². The maximum absolute atomic E-state index is 12.0. The number of imidazole rings is 1. The molecule has 114 valence electrons. The predicted molar refractivity (Wildman–Crippen MR) is 87.9 cm³/mol. The van der Waals surface area contributed by atoms with E-state index in [9.17, 15) is 4.79 Å². The molecule has 0 aromatic carbocycles. The van der Waals surface area contributed by atoms with Crippen molar-refractivity contribution in [2.45, 2.75) is 18.6 Å². The summed E-state index contributed by atoms with van der Waals surface area (Å²) in [6.45, 7) is 3.35. The SMILES string of the molecule is Cc1ccsc1CN(C)C(=O)NCCSc1nccn1C. The number of rotatable bonds is 6. The van der Waals surface area contributed by atoms with E-state index in [1.54, 1.807) is 34.2 Å². The van der Waals surface area contributed by atoms with Crippen molar-refractivity contribution in [3.63, 3.8) is 0 Å². The van der Waals surface area contributed by atoms with Crippen molar-refractivity contribution in [3.8, 4) is 0 Å². The zero-order valence-electron chi connectivity index (χ0n) is 12.5. The number of nitrogens with zero attached hydrogens (tertiary/aromatic N) is 3. The highest BCUT2D eigenvalue weighted by atomic mass is 32.2. The molecule has 0 fully saturated rings. The summed E-state index contributed by atoms with van der Waals surface area (Å²) >= 11 is 3.32. The number of thiophene rings is 1. The molecule has 2 amide bonds. The molecule has 0 unspecified atom stereocenters. The molecule has 0 aliphatic carbocycles. The smallest absolute Gasteiger partial charge is 0.317 e. The Balaban J connectivity index is 1.69. The number of hydrogen-bond acceptors (Lipinski definition) is 4. The van der Waals surface area contributed by atoms with Gasteiger partial charge in [-0.2, -0.15) is 0 Å². The summed E-state index contributed by atoms with van der Waals surface area (Å²) in [7, 11) is 3.78. The fourth-order valence-corrected chi connectivity index (χ4v) is 3.52. The maximum Gasteiger partial charge on any atom is 0.317 e. The molecule has 2 heterocycles. The van der Waals surface area contributed by atoms with Gasteiger partial charge in [-0.05, 0) is 23.9 Å². The number of aryl methyl sites for hydroxylation is 2. The van der Waals surface area contributed by atoms with Crippen LogP contribution in [0.2, 0.25) is 0 Å². The molecule has 0 saturated heterocycles. The second kappa shape index (κ2) is 7.51. The maximum atomic E-state index is 12.0. The van der Waals surface area contributed by atoms with Gasteiger partial charge in [0.25, 0.3) is 0 Å². The Kier molecular flexibility index (Phi) is 5.69. The molecule has 7 heteroatoms. The highest BCUT2D eigenvalue weighted by Crippen LogP contribution is 2.17. The first kappa shape index (κ1) is 15.9. The average Bonchev–Trinajstić information content (AvgIpc) is 3.04. The van der Waals surface area contributed by atoms with E-state index in [-0.39, 0.29) is 6.03 Å². The van der Waals surface area contributed by atoms with E-state index in [0.29, 0.717) is 13.1 Å². The van der Waals surface area contributed by atoms with Gasteiger partial charge in [0.05, 0.1) is 6.54 Å². The molecule has 0 aliphatic heterocycles. The molecule has 0 aliphatic rings. The van der Waals surface area contributed by atoms with Gasteiger partial charge in [0.1, 0.15) is 0 Å². The first-order valence-corrected chi connectivity index (χ1v) is 8.56. The zero-order chi connectivity index (χ0) is 15.2. The summed E-state index contributed by atoms with van der Waals surface area (Å²) < 4.78 is 1.97. The van der Waals surface area contributed by atoms with Crippen LogP contribution in [0.15, 0.2) is 29.0 Å². The number of carbonyl (C=O) groups is 1. The number of aromatic nitrogens is 2. The quantitative estimate of drug-likeness (QED) is 0.656. The third-order valence-electron chi connectivity index (χ3n) is 3.08. The van der Waals surface area contributed by atoms with Gasteiger partial charge in [0.15, 0.2) is 5.16 Å². The van der Waals surface area contributed by atoms with Gasteiger partial charge in [-0.3, -0.25) is 0 Å². The van der Waals surface area contributed by atoms with Crippen molar-refractivity contribution in [2.24, 2.45) is 7.05 Å². The molecule has 0 spiro atoms. The molecule has 1 N–H and O–H groups in total. The minimum atomic E-state index is -0.0387. The monoisotopic (exact) mass is 324 g/mol. The molecule has 0 radical (unpaired) electrons. The molecule has 2 rings (SSSR count). The zero-order valence-corrected chi connectivity index (χ0v) is 14.1. The number of carbonyl (C=O) groups excluding carboxylic acids is 1. The molecule has 2 aromatic heterocycles. The van der Waals surface area contributed by atoms with Gasteiger partial charge >= 0.3 is 6.03 Å². The first-order valence-electron chi connectivity index (χ1n) is 6.70. The molecule has 21 heavy (non-hydrogen) atoms. The molecule has 0 saturated carbocycles. The van der Waals surface area contributed by atoms with Crippen LogP contribution in [0.1, 0.15) is 10.4 Å². The standard InChI is InChI=1S/C14H20N4OS2/c1-11-4-8-20-12(11)10-18(3)13(19)15-6-9-21-14-16-5-7-17(14)2/h4-5,7-8H,6,9-10H2,1-3H3,(H,15,19). The minimum absolute atomic E-state index is 0.0387. The number of urea groups is 1. The van der Waals surface area contributed by atoms with Crippen LogP contribution in [0.3, 0.4) is 0 Å². The second-order valence-electron chi connectivity index (χ2n) is 4.78. The van der Waals surface area contributed by atoms with Crippen molar-refractivity contribution in [1.82, 2.24) is 19.8 Å². The Morgan fingerprint density at radius 3 is 3.00 bits per heavy atom. The minimum Gasteiger partial charge on any atom is -0.337 e. The lowest BCUT2D eigenvalue weighted by atomic mass is 10.3. The van der Waals surface area contributed by atoms with Crippen LogP contribution in [0.5, 0.6) is 0 Å². The van der Waals surface area contributed by atoms with Crippen LogP contribution in [-0.4, -0.2) is 39.8 Å². The lowest BCUT2D eigenvalue weighted by Crippen LogP contribution is -2.37. The van der Waals surface area contributed by atoms with E-state index in [2.05, 4.69) is 28.7 Å². The van der Waals surface area contributed by atoms with Gasteiger partial charge < -0.3 is 14.8 Å². The van der Waals surface area contributed by atoms with Gasteiger partial charge in [-0.15, -0.1) is 11.3 Å². The topological polar surface area (TPSA) is 50.2 Å². The van der Waals surface area contributed by atoms with Crippen molar-refractivity contribution >= 4 is 29.1 Å². The fraction of sp³-hybridized carbons (Fsp3) is 0.429. The number of nitrogens with one attached hydrogen (secondary N) is 1. The third kappa shape index (κ3) is 4.50. The van der Waals surface area contributed by atoms with E-state index in [1.807, 2.05) is 24.9 Å². The normalized spacial score (nSPS) is 10.6. The number of thioether (sulfide) groups is 1. The van der Waals surface area contributed by atoms with Crippen molar-refractivity contribution in [3.05, 3.63) is 34.3 Å². The Hall–Kier alpha value is -1.47. The summed E-state index contributed by atoms with van der Waals surface area (Å²) in [5, 5.41) is 5.95. The molecule has 5 nitrogen and oxygen atoms in total. The van der Waals surface area contributed by atoms with E-state index in [1.165, 1.54) is 10.4 Å². The Morgan fingerprint density at radius 2 is 2.38 bits per heavy atom. The van der Waals surface area contributed by atoms with Crippen molar-refractivity contribution in [2.75, 3.05) is 19.3 Å². The lowest BCUT2D eigenvalue weighted by molar-refractivity contribution is 0.208. The van der Waals surface area contributed by atoms with E-state index >= 15 is 0 Å². The highest BCUT2D eigenvalue weighted by molar-refractivity contribution is 7.99. The number of amides is 2. The molecular formula is C14H20N4OS2. The van der Waals surface area contributed by atoms with Crippen LogP contribution in [0.4, 0.5) is 4.79 Å². The molecule has 0 bridgehead atoms. The van der Waals surface area contributed by atoms with Crippen LogP contribution < -0.4 is 5.32 Å². The Bertz CT molecular complexity index is 593. The molecular weight excluding hydrogens is 304 g/mol. The van der Waals surface area contributed by atoms with Gasteiger partial charge in [-0.1, -0.05) is 11.8 Å². The van der Waals surface area contributed by atoms with Crippen molar-refractivity contribution < 1.29 is 4.79 Å². The fourth-order valence-electron chi connectivity index (χ4n) is 1.78. The van der Waals surface area contributed by atoms with Gasteiger partial charge in [-0.25, -0.2) is 9.78 Å². The van der Waals surface area contributed by atoms with Gasteiger partial charge in [0.2, 0.25) is 0 Å². The Morgan fingerprint density at radius 1 is 1.57 bits per heavy atom. The van der Waals surface area contributed by atoms with E-state index in [4.69, 9.17) is 0 Å². The van der Waals surface area contributed by atoms with Gasteiger partial charge in [0, 0.05) is 43.7 Å². The Labute approximate surface area is 133 Å². The van der Waals surface area contributed by atoms with Crippen LogP contribution in [0, 0.1) is 6.92 Å². The third-order valence-corrected chi connectivity index (χ3v) is 5.15. The molecule has 2 aromatic rings. The summed E-state index contributed by atoms with van der Waals surface area (Å²) in [4.78, 5) is 19.2. The molecule has 0 atom stereocenters. The number of hydrogen-bond donors (Lipinski definition) is 1. The predicted octanol–water partition coefficient (Wildman–Crippen LogP) is 2.72. The summed E-state index contributed by atoms with van der Waals surface area (Å²) in [6, 6.07) is 2.04. The summed E-state index contributed by atoms with van der Waals surface area (Å²) in [5.74, 6) is 0.808. The van der Waals surface area contributed by atoms with Crippen LogP contribution in [-0.2, 0) is 13.6 Å². The van der Waals surface area contributed by atoms with E-state index < -0.39 is 0 Å². The highest BCUT2D eigenvalue weighted by Gasteiger charge is 2.10. The summed E-state index contributed by atoms with van der Waals surface area (Å²) in [6.07, 6.45) is 3.69. The van der Waals surface area contributed by atoms with Crippen LogP contribution >= 0.6 is 23.1 Å². The van der Waals surface area contributed by atoms with Crippen LogP contribution in [0.25, 0.3) is 0 Å². The lowest BCUT2D eigenvalue weighted by Gasteiger charge is -2.17. The average molecular weight is 324 g/mol. The largest absolute Gasteiger partial charge is 0.337 e. The second-order valence-corrected chi connectivity index (χ2v) is 6.85. The first-order chi connectivity index (χ1) is 10.1. The summed E-state index contributed by atoms with van der Waals surface area (Å²) in [5.41, 5.74) is 1.24. The van der Waals surface area contributed by atoms with E-state index in [0.717, 1.165) is 10.9 Å².